The Morgan fingerprint density at radius 1 is 0.812 bits per heavy atom. The Hall–Kier alpha value is -4.72. The number of para-hydroxylation sites is 1. The maximum atomic E-state index is 10.6. The van der Waals surface area contributed by atoms with Gasteiger partial charge in [0, 0.05) is 50.1 Å². The van der Waals surface area contributed by atoms with Crippen molar-refractivity contribution in [3.63, 3.8) is 0 Å². The van der Waals surface area contributed by atoms with Crippen LogP contribution in [0.3, 0.4) is 0 Å². The molecule has 1 spiro atoms. The van der Waals surface area contributed by atoms with E-state index in [-0.39, 0.29) is 11.7 Å². The number of benzene rings is 1. The van der Waals surface area contributed by atoms with Gasteiger partial charge in [0.2, 0.25) is 5.88 Å². The first-order chi connectivity index (χ1) is 22.1. The molecule has 0 radical (unpaired) electrons. The molecule has 264 valence electrons. The van der Waals surface area contributed by atoms with Gasteiger partial charge in [-0.3, -0.25) is 9.88 Å². The smallest absolute Gasteiger partial charge is 0.475 e. The van der Waals surface area contributed by atoms with E-state index in [2.05, 4.69) is 34.1 Å². The van der Waals surface area contributed by atoms with E-state index in [4.69, 9.17) is 44.2 Å². The van der Waals surface area contributed by atoms with Gasteiger partial charge in [0.25, 0.3) is 0 Å². The molecule has 11 nitrogen and oxygen atoms in total. The number of nitrogens with zero attached hydrogens (tertiary/aromatic N) is 3. The Morgan fingerprint density at radius 2 is 1.33 bits per heavy atom. The summed E-state index contributed by atoms with van der Waals surface area (Å²) < 4.78 is 107. The quantitative estimate of drug-likeness (QED) is 0.301. The Morgan fingerprint density at radius 3 is 1.83 bits per heavy atom. The number of aromatic nitrogens is 2. The molecule has 1 aromatic carbocycles. The lowest BCUT2D eigenvalue weighted by molar-refractivity contribution is -0.193. The van der Waals surface area contributed by atoms with Crippen LogP contribution in [0.1, 0.15) is 18.5 Å². The number of carboxylic acid groups (broad SMARTS) is 3. The lowest BCUT2D eigenvalue weighted by Gasteiger charge is -2.53. The first kappa shape index (κ1) is 39.5. The number of alkyl halides is 9. The van der Waals surface area contributed by atoms with Crippen molar-refractivity contribution in [2.24, 2.45) is 0 Å². The van der Waals surface area contributed by atoms with E-state index in [1.807, 2.05) is 30.3 Å². The van der Waals surface area contributed by atoms with E-state index in [0.29, 0.717) is 5.88 Å². The highest BCUT2D eigenvalue weighted by atomic mass is 19.4. The highest BCUT2D eigenvalue weighted by Crippen LogP contribution is 2.36. The summed E-state index contributed by atoms with van der Waals surface area (Å²) >= 11 is 0. The minimum absolute atomic E-state index is 0.0749. The van der Waals surface area contributed by atoms with Crippen LogP contribution in [-0.4, -0.2) is 98.0 Å². The third-order valence-corrected chi connectivity index (χ3v) is 6.17. The number of fused-ring (bicyclic) bond motifs is 1. The molecule has 3 N–H and O–H groups in total. The first-order valence-electron chi connectivity index (χ1n) is 13.3. The van der Waals surface area contributed by atoms with Crippen molar-refractivity contribution in [1.29, 1.82) is 0 Å². The summed E-state index contributed by atoms with van der Waals surface area (Å²) in [6.45, 7) is 3.48. The van der Waals surface area contributed by atoms with Crippen LogP contribution in [0.2, 0.25) is 0 Å². The van der Waals surface area contributed by atoms with Crippen LogP contribution in [0.25, 0.3) is 10.9 Å². The molecule has 2 saturated heterocycles. The van der Waals surface area contributed by atoms with Gasteiger partial charge < -0.3 is 24.8 Å². The van der Waals surface area contributed by atoms with Crippen molar-refractivity contribution in [3.8, 4) is 5.88 Å². The molecular weight excluding hydrogens is 677 g/mol. The summed E-state index contributed by atoms with van der Waals surface area (Å²) in [5.41, 5.74) is 2.10. The zero-order valence-corrected chi connectivity index (χ0v) is 24.2. The molecule has 2 aromatic heterocycles. The van der Waals surface area contributed by atoms with E-state index in [1.54, 1.807) is 6.20 Å². The number of aliphatic carboxylic acids is 3. The average Bonchev–Trinajstić information content (AvgIpc) is 2.96. The molecule has 1 atom stereocenters. The number of carboxylic acids is 3. The number of halogens is 9. The molecule has 0 aliphatic carbocycles. The molecule has 4 heterocycles. The minimum Gasteiger partial charge on any atom is -0.475 e. The van der Waals surface area contributed by atoms with Crippen molar-refractivity contribution in [2.75, 3.05) is 19.7 Å². The summed E-state index contributed by atoms with van der Waals surface area (Å²) in [6.07, 6.45) is -11.5. The second-order valence-electron chi connectivity index (χ2n) is 9.98. The minimum atomic E-state index is -5.08. The lowest BCUT2D eigenvalue weighted by atomic mass is 9.84. The highest BCUT2D eigenvalue weighted by molar-refractivity contribution is 5.78. The summed E-state index contributed by atoms with van der Waals surface area (Å²) in [4.78, 5) is 38.2. The Bertz CT molecular complexity index is 1460. The fraction of sp³-hybridized carbons (Fsp3) is 0.393. The fourth-order valence-corrected chi connectivity index (χ4v) is 4.20. The molecule has 5 rings (SSSR count). The van der Waals surface area contributed by atoms with Gasteiger partial charge in [-0.2, -0.15) is 39.5 Å². The van der Waals surface area contributed by atoms with E-state index in [0.717, 1.165) is 50.3 Å². The van der Waals surface area contributed by atoms with Crippen LogP contribution in [0, 0.1) is 0 Å². The van der Waals surface area contributed by atoms with Crippen molar-refractivity contribution >= 4 is 28.8 Å². The number of carbonyl (C=O) groups is 3. The van der Waals surface area contributed by atoms with Crippen molar-refractivity contribution in [2.45, 2.75) is 49.6 Å². The second kappa shape index (κ2) is 16.4. The molecular formula is C28H26F9N3O8. The fourth-order valence-electron chi connectivity index (χ4n) is 4.20. The lowest BCUT2D eigenvalue weighted by Crippen LogP contribution is -2.65. The van der Waals surface area contributed by atoms with E-state index >= 15 is 0 Å². The van der Waals surface area contributed by atoms with E-state index in [1.165, 1.54) is 5.39 Å². The highest BCUT2D eigenvalue weighted by Gasteiger charge is 2.48. The van der Waals surface area contributed by atoms with Crippen LogP contribution in [0.5, 0.6) is 5.88 Å². The van der Waals surface area contributed by atoms with Gasteiger partial charge in [0.05, 0.1) is 23.4 Å². The maximum Gasteiger partial charge on any atom is 0.490 e. The summed E-state index contributed by atoms with van der Waals surface area (Å²) in [7, 11) is 0. The molecule has 2 aliphatic heterocycles. The number of hydrogen-bond donors (Lipinski definition) is 3. The summed E-state index contributed by atoms with van der Waals surface area (Å²) in [5, 5.41) is 22.6. The van der Waals surface area contributed by atoms with Crippen molar-refractivity contribution in [3.05, 3.63) is 66.5 Å². The molecule has 1 unspecified atom stereocenters. The zero-order valence-electron chi connectivity index (χ0n) is 24.2. The second-order valence-corrected chi connectivity index (χ2v) is 9.98. The Labute approximate surface area is 264 Å². The SMILES string of the molecule is O=C(O)C(F)(F)F.O=C(O)C(F)(F)F.O=C(O)C(F)(F)F.c1ccc(OC2CCOC3(C2)CN(Cc2ccc4ccccc4n2)C3)nc1. The normalized spacial score (nSPS) is 17.2. The summed E-state index contributed by atoms with van der Waals surface area (Å²) in [5.74, 6) is -7.57. The number of pyridine rings is 2. The monoisotopic (exact) mass is 703 g/mol. The zero-order chi connectivity index (χ0) is 36.3. The standard InChI is InChI=1S/C22H23N3O2.3C2HF3O2/c1-2-6-20-17(5-1)8-9-18(24-20)14-25-15-22(16-25)13-19(10-12-26-22)27-21-7-3-4-11-23-21;3*3-2(4,5)1(6)7/h1-9,11,19H,10,12-16H2;3*(H,6,7). The summed E-state index contributed by atoms with van der Waals surface area (Å²) in [6, 6.07) is 18.3. The van der Waals surface area contributed by atoms with Gasteiger partial charge in [0.15, 0.2) is 0 Å². The topological polar surface area (TPSA) is 159 Å². The Kier molecular flexibility index (Phi) is 13.5. The van der Waals surface area contributed by atoms with Crippen molar-refractivity contribution in [1.82, 2.24) is 14.9 Å². The molecule has 2 aliphatic rings. The Balaban J connectivity index is 0.000000313. The van der Waals surface area contributed by atoms with Crippen LogP contribution in [-0.2, 0) is 25.7 Å². The molecule has 48 heavy (non-hydrogen) atoms. The predicted octanol–water partition coefficient (Wildman–Crippen LogP) is 5.34. The van der Waals surface area contributed by atoms with Gasteiger partial charge in [-0.05, 0) is 18.2 Å². The number of likely N-dealkylation sites (tertiary alicyclic amines) is 1. The average molecular weight is 704 g/mol. The van der Waals surface area contributed by atoms with Gasteiger partial charge in [0.1, 0.15) is 6.10 Å². The molecule has 20 heteroatoms. The maximum absolute atomic E-state index is 10.6. The van der Waals surface area contributed by atoms with Crippen LogP contribution in [0.15, 0.2) is 60.8 Å². The molecule has 0 bridgehead atoms. The third-order valence-electron chi connectivity index (χ3n) is 6.17. The molecule has 0 saturated carbocycles. The van der Waals surface area contributed by atoms with Gasteiger partial charge >= 0.3 is 36.4 Å². The van der Waals surface area contributed by atoms with Gasteiger partial charge in [-0.1, -0.05) is 30.3 Å². The van der Waals surface area contributed by atoms with Gasteiger partial charge in [-0.25, -0.2) is 19.4 Å². The van der Waals surface area contributed by atoms with Crippen LogP contribution >= 0.6 is 0 Å². The number of rotatable bonds is 4. The van der Waals surface area contributed by atoms with Crippen LogP contribution < -0.4 is 4.74 Å². The van der Waals surface area contributed by atoms with Gasteiger partial charge in [-0.15, -0.1) is 0 Å². The largest absolute Gasteiger partial charge is 0.490 e. The van der Waals surface area contributed by atoms with Crippen LogP contribution in [0.4, 0.5) is 39.5 Å². The first-order valence-corrected chi connectivity index (χ1v) is 13.3. The van der Waals surface area contributed by atoms with Crippen molar-refractivity contribution < 1.29 is 78.7 Å². The van der Waals surface area contributed by atoms with E-state index in [9.17, 15) is 39.5 Å². The third kappa shape index (κ3) is 13.2. The number of hydrogen-bond acceptors (Lipinski definition) is 8. The molecule has 3 aromatic rings. The van der Waals surface area contributed by atoms with E-state index < -0.39 is 36.4 Å². The number of ether oxygens (including phenoxy) is 2. The molecule has 0 amide bonds. The predicted molar refractivity (Wildman–Crippen MR) is 145 cm³/mol. The molecule has 2 fully saturated rings.